The number of carbonyl (C=O) groups excluding carboxylic acids is 2. The third kappa shape index (κ3) is 5.62. The minimum atomic E-state index is -0.588. The number of fused-ring (bicyclic) bond motifs is 1. The van der Waals surface area contributed by atoms with E-state index in [0.717, 1.165) is 13.1 Å². The monoisotopic (exact) mass is 425 g/mol. The minimum absolute atomic E-state index is 0.0599. The number of amides is 1. The zero-order valence-corrected chi connectivity index (χ0v) is 17.1. The molecule has 0 unspecified atom stereocenters. The van der Waals surface area contributed by atoms with E-state index in [4.69, 9.17) is 18.9 Å². The number of morpholine rings is 1. The van der Waals surface area contributed by atoms with Crippen LogP contribution >= 0.6 is 0 Å². The molecule has 2 N–H and O–H groups in total. The lowest BCUT2D eigenvalue weighted by Gasteiger charge is -2.23. The van der Waals surface area contributed by atoms with E-state index in [9.17, 15) is 9.59 Å². The fraction of sp³-hybridized carbons (Fsp3) is 0.304. The highest BCUT2D eigenvalue weighted by Crippen LogP contribution is 2.33. The summed E-state index contributed by atoms with van der Waals surface area (Å²) in [5.41, 5.74) is 1.19. The Bertz CT molecular complexity index is 954. The van der Waals surface area contributed by atoms with E-state index in [0.29, 0.717) is 42.4 Å². The number of carbonyl (C=O) groups is 2. The molecule has 1 saturated heterocycles. The molecule has 2 aromatic carbocycles. The van der Waals surface area contributed by atoms with Gasteiger partial charge in [0.05, 0.1) is 13.2 Å². The Balaban J connectivity index is 1.47. The van der Waals surface area contributed by atoms with E-state index < -0.39 is 5.97 Å². The van der Waals surface area contributed by atoms with Crippen LogP contribution in [0.3, 0.4) is 0 Å². The highest BCUT2D eigenvalue weighted by molar-refractivity contribution is 6.03. The largest absolute Gasteiger partial charge is 0.455 e. The van der Waals surface area contributed by atoms with Crippen molar-refractivity contribution >= 4 is 18.0 Å². The number of rotatable bonds is 7. The van der Waals surface area contributed by atoms with Gasteiger partial charge in [0.2, 0.25) is 6.79 Å². The first kappa shape index (κ1) is 20.9. The summed E-state index contributed by atoms with van der Waals surface area (Å²) in [6.07, 6.45) is 1.58. The van der Waals surface area contributed by atoms with Crippen LogP contribution in [-0.2, 0) is 14.3 Å². The number of ether oxygens (including phenoxy) is 4. The molecule has 0 spiro atoms. The Kier molecular flexibility index (Phi) is 6.81. The van der Waals surface area contributed by atoms with Crippen molar-refractivity contribution in [3.63, 3.8) is 0 Å². The molecular formula is C23H25N2O6+. The van der Waals surface area contributed by atoms with E-state index in [1.54, 1.807) is 48.5 Å². The van der Waals surface area contributed by atoms with Crippen molar-refractivity contribution in [2.75, 3.05) is 46.2 Å². The molecule has 2 aliphatic rings. The van der Waals surface area contributed by atoms with Crippen LogP contribution in [0.2, 0.25) is 0 Å². The highest BCUT2D eigenvalue weighted by Gasteiger charge is 2.19. The quantitative estimate of drug-likeness (QED) is 0.500. The van der Waals surface area contributed by atoms with E-state index >= 15 is 0 Å². The van der Waals surface area contributed by atoms with Gasteiger partial charge in [-0.2, -0.15) is 0 Å². The second-order valence-corrected chi connectivity index (χ2v) is 7.24. The molecule has 0 aliphatic carbocycles. The molecule has 2 aliphatic heterocycles. The van der Waals surface area contributed by atoms with Crippen molar-refractivity contribution in [1.82, 2.24) is 5.32 Å². The van der Waals surface area contributed by atoms with Gasteiger partial charge in [-0.25, -0.2) is 4.79 Å². The van der Waals surface area contributed by atoms with E-state index in [-0.39, 0.29) is 25.0 Å². The maximum atomic E-state index is 12.8. The lowest BCUT2D eigenvalue weighted by Crippen LogP contribution is -3.14. The Morgan fingerprint density at radius 3 is 2.61 bits per heavy atom. The number of benzene rings is 2. The number of esters is 1. The van der Waals surface area contributed by atoms with Gasteiger partial charge in [-0.15, -0.1) is 0 Å². The zero-order valence-electron chi connectivity index (χ0n) is 17.1. The lowest BCUT2D eigenvalue weighted by molar-refractivity contribution is -0.908. The first-order chi connectivity index (χ1) is 15.2. The van der Waals surface area contributed by atoms with Gasteiger partial charge in [-0.05, 0) is 35.9 Å². The molecule has 0 bridgehead atoms. The van der Waals surface area contributed by atoms with Crippen LogP contribution in [0.15, 0.2) is 54.2 Å². The minimum Gasteiger partial charge on any atom is -0.455 e. The Morgan fingerprint density at radius 1 is 1.03 bits per heavy atom. The number of hydrogen-bond donors (Lipinski definition) is 2. The van der Waals surface area contributed by atoms with Gasteiger partial charge < -0.3 is 29.2 Å². The Morgan fingerprint density at radius 2 is 1.81 bits per heavy atom. The average Bonchev–Trinajstić information content (AvgIpc) is 3.28. The Hall–Kier alpha value is -3.36. The fourth-order valence-corrected chi connectivity index (χ4v) is 3.38. The molecular weight excluding hydrogens is 400 g/mol. The van der Waals surface area contributed by atoms with Gasteiger partial charge in [0.1, 0.15) is 31.9 Å². The number of hydrogen-bond acceptors (Lipinski definition) is 6. The van der Waals surface area contributed by atoms with E-state index in [2.05, 4.69) is 5.32 Å². The van der Waals surface area contributed by atoms with Crippen molar-refractivity contribution in [1.29, 1.82) is 0 Å². The Labute approximate surface area is 180 Å². The molecule has 2 aromatic rings. The molecule has 0 aromatic heterocycles. The normalized spacial score (nSPS) is 16.1. The molecule has 0 saturated carbocycles. The first-order valence-corrected chi connectivity index (χ1v) is 10.3. The topological polar surface area (TPSA) is 87.5 Å². The number of nitrogens with one attached hydrogen (secondary N) is 2. The van der Waals surface area contributed by atoms with Crippen molar-refractivity contribution in [2.24, 2.45) is 0 Å². The summed E-state index contributed by atoms with van der Waals surface area (Å²) in [6.45, 7) is 4.32. The smallest absolute Gasteiger partial charge is 0.355 e. The second-order valence-electron chi connectivity index (χ2n) is 7.24. The average molecular weight is 425 g/mol. The van der Waals surface area contributed by atoms with Crippen LogP contribution in [0.1, 0.15) is 15.9 Å². The summed E-state index contributed by atoms with van der Waals surface area (Å²) in [5.74, 6) is 0.257. The predicted octanol–water partition coefficient (Wildman–Crippen LogP) is 0.645. The predicted molar refractivity (Wildman–Crippen MR) is 112 cm³/mol. The molecule has 31 heavy (non-hydrogen) atoms. The molecule has 4 rings (SSSR count). The van der Waals surface area contributed by atoms with Crippen molar-refractivity contribution < 1.29 is 33.4 Å². The first-order valence-electron chi connectivity index (χ1n) is 10.3. The van der Waals surface area contributed by atoms with Gasteiger partial charge in [-0.3, -0.25) is 4.79 Å². The van der Waals surface area contributed by atoms with Crippen molar-refractivity contribution in [3.8, 4) is 11.5 Å². The molecule has 1 fully saturated rings. The summed E-state index contributed by atoms with van der Waals surface area (Å²) in [6, 6.07) is 14.0. The van der Waals surface area contributed by atoms with Crippen LogP contribution < -0.4 is 19.7 Å². The summed E-state index contributed by atoms with van der Waals surface area (Å²) < 4.78 is 21.5. The standard InChI is InChI=1S/C23H24N2O6/c26-22(18-4-2-1-3-5-18)24-19(14-17-6-7-20-21(15-17)31-16-30-20)23(27)29-13-10-25-8-11-28-12-9-25/h1-7,14-15H,8-13,16H2,(H,24,26)/p+1/b19-14+. The van der Waals surface area contributed by atoms with Crippen molar-refractivity contribution in [2.45, 2.75) is 0 Å². The van der Waals surface area contributed by atoms with E-state index in [1.165, 1.54) is 4.90 Å². The molecule has 0 atom stereocenters. The lowest BCUT2D eigenvalue weighted by atomic mass is 10.1. The van der Waals surface area contributed by atoms with Gasteiger partial charge in [-0.1, -0.05) is 24.3 Å². The third-order valence-electron chi connectivity index (χ3n) is 5.10. The maximum Gasteiger partial charge on any atom is 0.355 e. The van der Waals surface area contributed by atoms with Crippen LogP contribution in [-0.4, -0.2) is 58.1 Å². The zero-order chi connectivity index (χ0) is 21.5. The van der Waals surface area contributed by atoms with Gasteiger partial charge in [0.25, 0.3) is 5.91 Å². The van der Waals surface area contributed by atoms with E-state index in [1.807, 2.05) is 6.07 Å². The molecule has 162 valence electrons. The number of quaternary nitrogens is 1. The molecule has 2 heterocycles. The summed E-state index contributed by atoms with van der Waals surface area (Å²) in [4.78, 5) is 26.8. The van der Waals surface area contributed by atoms with Gasteiger partial charge >= 0.3 is 5.97 Å². The molecule has 0 radical (unpaired) electrons. The van der Waals surface area contributed by atoms with Crippen LogP contribution in [0.5, 0.6) is 11.5 Å². The third-order valence-corrected chi connectivity index (χ3v) is 5.10. The summed E-state index contributed by atoms with van der Waals surface area (Å²) in [7, 11) is 0. The van der Waals surface area contributed by atoms with Crippen molar-refractivity contribution in [3.05, 3.63) is 65.4 Å². The molecule has 1 amide bonds. The van der Waals surface area contributed by atoms with Gasteiger partial charge in [0, 0.05) is 5.56 Å². The maximum absolute atomic E-state index is 12.8. The van der Waals surface area contributed by atoms with Crippen LogP contribution in [0.4, 0.5) is 0 Å². The van der Waals surface area contributed by atoms with Crippen LogP contribution in [0.25, 0.3) is 6.08 Å². The second kappa shape index (κ2) is 10.1. The SMILES string of the molecule is O=C(OCC[NH+]1CCOCC1)/C(=C\c1ccc2c(c1)OCO2)NC(=O)c1ccccc1. The highest BCUT2D eigenvalue weighted by atomic mass is 16.7. The van der Waals surface area contributed by atoms with Crippen LogP contribution in [0, 0.1) is 0 Å². The summed E-state index contributed by atoms with van der Waals surface area (Å²) in [5, 5.41) is 2.69. The molecule has 8 heteroatoms. The fourth-order valence-electron chi connectivity index (χ4n) is 3.38. The van der Waals surface area contributed by atoms with Gasteiger partial charge in [0.15, 0.2) is 11.5 Å². The molecule has 8 nitrogen and oxygen atoms in total. The summed E-state index contributed by atoms with van der Waals surface area (Å²) >= 11 is 0.